The SMILES string of the molecule is CC(c1ccccc1)C(Cl)Cl. The van der Waals surface area contributed by atoms with Crippen molar-refractivity contribution in [1.29, 1.82) is 0 Å². The van der Waals surface area contributed by atoms with Crippen molar-refractivity contribution in [1.82, 2.24) is 0 Å². The number of hydrogen-bond acceptors (Lipinski definition) is 0. The molecule has 2 heteroatoms. The highest BCUT2D eigenvalue weighted by molar-refractivity contribution is 6.44. The minimum absolute atomic E-state index is 0.208. The Kier molecular flexibility index (Phi) is 3.22. The average Bonchev–Trinajstić information content (AvgIpc) is 2.05. The molecule has 0 amide bonds. The molecule has 0 aliphatic heterocycles. The normalized spacial score (nSPS) is 13.5. The highest BCUT2D eigenvalue weighted by atomic mass is 35.5. The van der Waals surface area contributed by atoms with E-state index in [9.17, 15) is 0 Å². The zero-order valence-electron chi connectivity index (χ0n) is 6.30. The summed E-state index contributed by atoms with van der Waals surface area (Å²) < 4.78 is 0. The van der Waals surface area contributed by atoms with Gasteiger partial charge in [-0.2, -0.15) is 0 Å². The van der Waals surface area contributed by atoms with E-state index in [1.807, 2.05) is 37.3 Å². The molecule has 0 aliphatic rings. The van der Waals surface area contributed by atoms with Crippen LogP contribution in [0.15, 0.2) is 30.3 Å². The van der Waals surface area contributed by atoms with Gasteiger partial charge in [0.25, 0.3) is 0 Å². The van der Waals surface area contributed by atoms with Crippen molar-refractivity contribution >= 4 is 23.2 Å². The van der Waals surface area contributed by atoms with Gasteiger partial charge in [0.15, 0.2) is 0 Å². The lowest BCUT2D eigenvalue weighted by atomic mass is 10.0. The first-order valence-corrected chi connectivity index (χ1v) is 4.42. The summed E-state index contributed by atoms with van der Waals surface area (Å²) in [6.07, 6.45) is 0. The minimum Gasteiger partial charge on any atom is -0.105 e. The summed E-state index contributed by atoms with van der Waals surface area (Å²) in [6, 6.07) is 10.0. The lowest BCUT2D eigenvalue weighted by molar-refractivity contribution is 0.834. The van der Waals surface area contributed by atoms with Gasteiger partial charge in [0.05, 0.1) is 0 Å². The zero-order chi connectivity index (χ0) is 8.27. The predicted molar refractivity (Wildman–Crippen MR) is 50.4 cm³/mol. The maximum absolute atomic E-state index is 5.73. The second-order valence-electron chi connectivity index (χ2n) is 2.53. The molecule has 1 atom stereocenters. The van der Waals surface area contributed by atoms with Gasteiger partial charge < -0.3 is 0 Å². The van der Waals surface area contributed by atoms with E-state index in [0.717, 1.165) is 0 Å². The Labute approximate surface area is 77.1 Å². The lowest BCUT2D eigenvalue weighted by Crippen LogP contribution is -2.01. The number of rotatable bonds is 2. The molecule has 0 saturated carbocycles. The zero-order valence-corrected chi connectivity index (χ0v) is 7.81. The smallest absolute Gasteiger partial charge is 0.105 e. The molecular weight excluding hydrogens is 179 g/mol. The molecule has 0 heterocycles. The summed E-state index contributed by atoms with van der Waals surface area (Å²) in [5.41, 5.74) is 1.18. The van der Waals surface area contributed by atoms with E-state index in [-0.39, 0.29) is 10.8 Å². The van der Waals surface area contributed by atoms with Crippen molar-refractivity contribution in [2.24, 2.45) is 0 Å². The van der Waals surface area contributed by atoms with Crippen LogP contribution >= 0.6 is 23.2 Å². The van der Waals surface area contributed by atoms with E-state index in [1.165, 1.54) is 5.56 Å². The number of halogens is 2. The van der Waals surface area contributed by atoms with Crippen LogP contribution in [0, 0.1) is 0 Å². The number of hydrogen-bond donors (Lipinski definition) is 0. The van der Waals surface area contributed by atoms with Crippen molar-refractivity contribution in [2.75, 3.05) is 0 Å². The highest BCUT2D eigenvalue weighted by Gasteiger charge is 2.11. The first kappa shape index (κ1) is 8.89. The molecule has 0 saturated heterocycles. The van der Waals surface area contributed by atoms with Crippen LogP contribution < -0.4 is 0 Å². The third-order valence-corrected chi connectivity index (χ3v) is 2.46. The van der Waals surface area contributed by atoms with Gasteiger partial charge in [0, 0.05) is 5.92 Å². The molecule has 0 nitrogen and oxygen atoms in total. The molecule has 1 aromatic carbocycles. The van der Waals surface area contributed by atoms with E-state index < -0.39 is 0 Å². The van der Waals surface area contributed by atoms with Gasteiger partial charge in [-0.1, -0.05) is 37.3 Å². The first-order chi connectivity index (χ1) is 5.22. The summed E-state index contributed by atoms with van der Waals surface area (Å²) in [7, 11) is 0. The first-order valence-electron chi connectivity index (χ1n) is 3.55. The molecule has 0 radical (unpaired) electrons. The van der Waals surface area contributed by atoms with E-state index >= 15 is 0 Å². The van der Waals surface area contributed by atoms with Crippen LogP contribution in [0.5, 0.6) is 0 Å². The van der Waals surface area contributed by atoms with Crippen LogP contribution in [0.25, 0.3) is 0 Å². The van der Waals surface area contributed by atoms with Crippen LogP contribution in [0.3, 0.4) is 0 Å². The fraction of sp³-hybridized carbons (Fsp3) is 0.333. The maximum atomic E-state index is 5.73. The Balaban J connectivity index is 2.77. The second-order valence-corrected chi connectivity index (χ2v) is 3.70. The molecule has 0 bridgehead atoms. The average molecular weight is 189 g/mol. The molecule has 1 aromatic rings. The Morgan fingerprint density at radius 1 is 1.09 bits per heavy atom. The van der Waals surface area contributed by atoms with Gasteiger partial charge in [0.2, 0.25) is 0 Å². The Hall–Kier alpha value is -0.200. The predicted octanol–water partition coefficient (Wildman–Crippen LogP) is 3.59. The molecule has 60 valence electrons. The van der Waals surface area contributed by atoms with Gasteiger partial charge in [0.1, 0.15) is 4.84 Å². The van der Waals surface area contributed by atoms with Crippen molar-refractivity contribution in [3.05, 3.63) is 35.9 Å². The fourth-order valence-electron chi connectivity index (χ4n) is 0.902. The molecule has 0 N–H and O–H groups in total. The molecule has 0 aromatic heterocycles. The van der Waals surface area contributed by atoms with Gasteiger partial charge in [-0.3, -0.25) is 0 Å². The van der Waals surface area contributed by atoms with E-state index in [0.29, 0.717) is 0 Å². The molecule has 1 rings (SSSR count). The number of benzene rings is 1. The van der Waals surface area contributed by atoms with Crippen LogP contribution in [-0.4, -0.2) is 4.84 Å². The Morgan fingerprint density at radius 3 is 2.09 bits per heavy atom. The summed E-state index contributed by atoms with van der Waals surface area (Å²) in [5.74, 6) is 0.208. The van der Waals surface area contributed by atoms with E-state index in [1.54, 1.807) is 0 Å². The van der Waals surface area contributed by atoms with Crippen molar-refractivity contribution in [3.8, 4) is 0 Å². The molecule has 0 fully saturated rings. The molecule has 11 heavy (non-hydrogen) atoms. The third-order valence-electron chi connectivity index (χ3n) is 1.70. The summed E-state index contributed by atoms with van der Waals surface area (Å²) >= 11 is 11.5. The van der Waals surface area contributed by atoms with Gasteiger partial charge in [-0.15, -0.1) is 23.2 Å². The Morgan fingerprint density at radius 2 is 1.64 bits per heavy atom. The van der Waals surface area contributed by atoms with Crippen LogP contribution in [0.4, 0.5) is 0 Å². The lowest BCUT2D eigenvalue weighted by Gasteiger charge is -2.11. The molecule has 0 spiro atoms. The van der Waals surface area contributed by atoms with Gasteiger partial charge in [-0.25, -0.2) is 0 Å². The van der Waals surface area contributed by atoms with Crippen molar-refractivity contribution in [2.45, 2.75) is 17.7 Å². The molecule has 1 unspecified atom stereocenters. The Bertz CT molecular complexity index is 206. The highest BCUT2D eigenvalue weighted by Crippen LogP contribution is 2.25. The fourth-order valence-corrected chi connectivity index (χ4v) is 1.19. The van der Waals surface area contributed by atoms with E-state index in [2.05, 4.69) is 0 Å². The maximum Gasteiger partial charge on any atom is 0.114 e. The standard InChI is InChI=1S/C9H10Cl2/c1-7(9(10)11)8-5-3-2-4-6-8/h2-7,9H,1H3. The van der Waals surface area contributed by atoms with Crippen molar-refractivity contribution < 1.29 is 0 Å². The topological polar surface area (TPSA) is 0 Å². The monoisotopic (exact) mass is 188 g/mol. The third kappa shape index (κ3) is 2.39. The molecular formula is C9H10Cl2. The number of alkyl halides is 2. The van der Waals surface area contributed by atoms with Gasteiger partial charge >= 0.3 is 0 Å². The minimum atomic E-state index is -0.322. The molecule has 0 aliphatic carbocycles. The van der Waals surface area contributed by atoms with E-state index in [4.69, 9.17) is 23.2 Å². The van der Waals surface area contributed by atoms with Crippen LogP contribution in [-0.2, 0) is 0 Å². The van der Waals surface area contributed by atoms with Crippen LogP contribution in [0.1, 0.15) is 18.4 Å². The second kappa shape index (κ2) is 3.99. The van der Waals surface area contributed by atoms with Crippen LogP contribution in [0.2, 0.25) is 0 Å². The summed E-state index contributed by atoms with van der Waals surface area (Å²) in [6.45, 7) is 2.01. The van der Waals surface area contributed by atoms with Crippen molar-refractivity contribution in [3.63, 3.8) is 0 Å². The summed E-state index contributed by atoms with van der Waals surface area (Å²) in [4.78, 5) is -0.322. The summed E-state index contributed by atoms with van der Waals surface area (Å²) in [5, 5.41) is 0. The largest absolute Gasteiger partial charge is 0.114 e. The quantitative estimate of drug-likeness (QED) is 0.623. The van der Waals surface area contributed by atoms with Gasteiger partial charge in [-0.05, 0) is 5.56 Å².